The Labute approximate surface area is 158 Å². The molecule has 0 radical (unpaired) electrons. The number of hydrogen-bond acceptors (Lipinski definition) is 7. The number of ether oxygens (including phenoxy) is 1. The van der Waals surface area contributed by atoms with E-state index in [0.717, 1.165) is 41.4 Å². The summed E-state index contributed by atoms with van der Waals surface area (Å²) in [4.78, 5) is 42.7. The van der Waals surface area contributed by atoms with Crippen molar-refractivity contribution in [3.63, 3.8) is 0 Å². The van der Waals surface area contributed by atoms with E-state index in [-0.39, 0.29) is 11.3 Å². The molecule has 0 aromatic carbocycles. The van der Waals surface area contributed by atoms with Gasteiger partial charge in [-0.15, -0.1) is 11.3 Å². The van der Waals surface area contributed by atoms with Crippen LogP contribution in [0.2, 0.25) is 0 Å². The molecule has 2 heterocycles. The molecule has 0 atom stereocenters. The minimum absolute atomic E-state index is 0.0105. The second-order valence-electron chi connectivity index (χ2n) is 5.80. The minimum atomic E-state index is -0.564. The van der Waals surface area contributed by atoms with Crippen LogP contribution in [0.1, 0.15) is 16.9 Å². The van der Waals surface area contributed by atoms with Gasteiger partial charge in [-0.2, -0.15) is 0 Å². The summed E-state index contributed by atoms with van der Waals surface area (Å²) >= 11 is 2.70. The summed E-state index contributed by atoms with van der Waals surface area (Å²) in [7, 11) is 3.01. The van der Waals surface area contributed by atoms with E-state index < -0.39 is 11.9 Å². The number of nitrogens with one attached hydrogen (secondary N) is 2. The lowest BCUT2D eigenvalue weighted by Crippen LogP contribution is -2.38. The van der Waals surface area contributed by atoms with Crippen molar-refractivity contribution in [1.82, 2.24) is 20.2 Å². The molecule has 8 nitrogen and oxygen atoms in total. The zero-order chi connectivity index (χ0) is 18.7. The number of fused-ring (bicyclic) bond motifs is 3. The number of imide groups is 1. The number of methoxy groups -OCH3 is 1. The van der Waals surface area contributed by atoms with Gasteiger partial charge in [-0.25, -0.2) is 9.78 Å². The Hall–Kier alpha value is -1.91. The van der Waals surface area contributed by atoms with E-state index in [1.165, 1.54) is 11.9 Å². The summed E-state index contributed by atoms with van der Waals surface area (Å²) < 4.78 is 6.67. The molecule has 0 aliphatic heterocycles. The zero-order valence-electron chi connectivity index (χ0n) is 14.6. The van der Waals surface area contributed by atoms with E-state index in [2.05, 4.69) is 15.6 Å². The van der Waals surface area contributed by atoms with Crippen molar-refractivity contribution in [2.45, 2.75) is 31.0 Å². The molecule has 3 rings (SSSR count). The van der Waals surface area contributed by atoms with Crippen LogP contribution in [-0.2, 0) is 28.9 Å². The van der Waals surface area contributed by atoms with E-state index in [1.54, 1.807) is 23.0 Å². The lowest BCUT2D eigenvalue weighted by Gasteiger charge is -2.12. The molecule has 2 aromatic rings. The molecule has 0 unspecified atom stereocenters. The number of aryl methyl sites for hydroxylation is 2. The van der Waals surface area contributed by atoms with Gasteiger partial charge in [-0.3, -0.25) is 19.5 Å². The molecule has 0 spiro atoms. The van der Waals surface area contributed by atoms with Gasteiger partial charge in [0, 0.05) is 19.0 Å². The molecule has 2 aromatic heterocycles. The number of urea groups is 1. The number of carbonyl (C=O) groups excluding carboxylic acids is 2. The van der Waals surface area contributed by atoms with Crippen molar-refractivity contribution in [3.8, 4) is 0 Å². The fraction of sp³-hybridized carbons (Fsp3) is 0.500. The Balaban J connectivity index is 1.91. The van der Waals surface area contributed by atoms with Crippen molar-refractivity contribution < 1.29 is 14.3 Å². The minimum Gasteiger partial charge on any atom is -0.383 e. The Morgan fingerprint density at radius 3 is 2.92 bits per heavy atom. The molecule has 140 valence electrons. The molecule has 26 heavy (non-hydrogen) atoms. The first-order valence-electron chi connectivity index (χ1n) is 8.23. The molecule has 2 N–H and O–H groups in total. The van der Waals surface area contributed by atoms with Gasteiger partial charge in [0.15, 0.2) is 5.16 Å². The number of nitrogens with zero attached hydrogens (tertiary/aromatic N) is 2. The van der Waals surface area contributed by atoms with Gasteiger partial charge in [0.25, 0.3) is 5.56 Å². The highest BCUT2D eigenvalue weighted by Crippen LogP contribution is 2.35. The van der Waals surface area contributed by atoms with Crippen LogP contribution in [0, 0.1) is 0 Å². The first kappa shape index (κ1) is 18.9. The number of rotatable bonds is 6. The molecule has 0 fully saturated rings. The molecular weight excluding hydrogens is 376 g/mol. The van der Waals surface area contributed by atoms with Crippen LogP contribution in [0.15, 0.2) is 9.95 Å². The smallest absolute Gasteiger partial charge is 0.321 e. The summed E-state index contributed by atoms with van der Waals surface area (Å²) in [5.41, 5.74) is 1.04. The molecule has 3 amide bonds. The SMILES string of the molecule is CNC(=O)NC(=O)CSc1nc2sc3c(c2c(=O)n1CCOC)CCC3. The molecule has 10 heteroatoms. The summed E-state index contributed by atoms with van der Waals surface area (Å²) in [5, 5.41) is 5.69. The van der Waals surface area contributed by atoms with Crippen LogP contribution in [0.25, 0.3) is 10.2 Å². The third-order valence-corrected chi connectivity index (χ3v) is 6.28. The zero-order valence-corrected chi connectivity index (χ0v) is 16.2. The van der Waals surface area contributed by atoms with E-state index in [9.17, 15) is 14.4 Å². The Morgan fingerprint density at radius 1 is 1.38 bits per heavy atom. The maximum Gasteiger partial charge on any atom is 0.321 e. The molecular formula is C16H20N4O4S2. The molecule has 0 bridgehead atoms. The summed E-state index contributed by atoms with van der Waals surface area (Å²) in [5.74, 6) is -0.459. The number of aromatic nitrogens is 2. The second kappa shape index (κ2) is 8.19. The Bertz CT molecular complexity index is 906. The van der Waals surface area contributed by atoms with Crippen LogP contribution < -0.4 is 16.2 Å². The van der Waals surface area contributed by atoms with Crippen LogP contribution in [-0.4, -0.2) is 48.0 Å². The van der Waals surface area contributed by atoms with E-state index >= 15 is 0 Å². The van der Waals surface area contributed by atoms with Gasteiger partial charge in [-0.05, 0) is 24.8 Å². The van der Waals surface area contributed by atoms with Crippen molar-refractivity contribution >= 4 is 45.3 Å². The standard InChI is InChI=1S/C16H20N4O4S2/c1-17-15(23)18-11(21)8-25-16-19-13-12(9-4-3-5-10(9)26-13)14(22)20(16)6-7-24-2/h3-8H2,1-2H3,(H2,17,18,21,23). The number of amides is 3. The molecule has 1 aliphatic rings. The van der Waals surface area contributed by atoms with E-state index in [0.29, 0.717) is 23.7 Å². The lowest BCUT2D eigenvalue weighted by molar-refractivity contribution is -0.117. The maximum absolute atomic E-state index is 13.0. The third kappa shape index (κ3) is 3.76. The van der Waals surface area contributed by atoms with Crippen molar-refractivity contribution in [2.75, 3.05) is 26.5 Å². The van der Waals surface area contributed by atoms with Gasteiger partial charge >= 0.3 is 6.03 Å². The van der Waals surface area contributed by atoms with Crippen molar-refractivity contribution in [2.24, 2.45) is 0 Å². The van der Waals surface area contributed by atoms with Crippen LogP contribution in [0.5, 0.6) is 0 Å². The fourth-order valence-electron chi connectivity index (χ4n) is 2.90. The summed E-state index contributed by atoms with van der Waals surface area (Å²) in [6.45, 7) is 0.736. The van der Waals surface area contributed by atoms with Crippen LogP contribution in [0.3, 0.4) is 0 Å². The maximum atomic E-state index is 13.0. The highest BCUT2D eigenvalue weighted by atomic mass is 32.2. The van der Waals surface area contributed by atoms with Crippen LogP contribution in [0.4, 0.5) is 4.79 Å². The number of carbonyl (C=O) groups is 2. The predicted octanol–water partition coefficient (Wildman–Crippen LogP) is 1.14. The predicted molar refractivity (Wildman–Crippen MR) is 101 cm³/mol. The number of thioether (sulfide) groups is 1. The molecule has 0 saturated carbocycles. The number of thiophene rings is 1. The summed E-state index contributed by atoms with van der Waals surface area (Å²) in [6.07, 6.45) is 2.98. The van der Waals surface area contributed by atoms with Crippen molar-refractivity contribution in [3.05, 3.63) is 20.8 Å². The third-order valence-electron chi connectivity index (χ3n) is 4.12. The molecule has 1 aliphatic carbocycles. The monoisotopic (exact) mass is 396 g/mol. The second-order valence-corrected chi connectivity index (χ2v) is 7.82. The quantitative estimate of drug-likeness (QED) is 0.561. The highest BCUT2D eigenvalue weighted by molar-refractivity contribution is 7.99. The fourth-order valence-corrected chi connectivity index (χ4v) is 5.03. The van der Waals surface area contributed by atoms with Gasteiger partial charge in [0.2, 0.25) is 5.91 Å². The lowest BCUT2D eigenvalue weighted by atomic mass is 10.2. The average molecular weight is 396 g/mol. The topological polar surface area (TPSA) is 102 Å². The summed E-state index contributed by atoms with van der Waals surface area (Å²) in [6, 6.07) is -0.564. The normalized spacial score (nSPS) is 13.0. The van der Waals surface area contributed by atoms with Gasteiger partial charge in [-0.1, -0.05) is 11.8 Å². The first-order valence-corrected chi connectivity index (χ1v) is 10.0. The largest absolute Gasteiger partial charge is 0.383 e. The van der Waals surface area contributed by atoms with Gasteiger partial charge < -0.3 is 10.1 Å². The van der Waals surface area contributed by atoms with E-state index in [4.69, 9.17) is 4.74 Å². The number of hydrogen-bond donors (Lipinski definition) is 2. The van der Waals surface area contributed by atoms with Gasteiger partial charge in [0.1, 0.15) is 4.83 Å². The Morgan fingerprint density at radius 2 is 2.19 bits per heavy atom. The van der Waals surface area contributed by atoms with E-state index in [1.807, 2.05) is 0 Å². The van der Waals surface area contributed by atoms with Crippen molar-refractivity contribution in [1.29, 1.82) is 0 Å². The average Bonchev–Trinajstić information content (AvgIpc) is 3.19. The Kier molecular flexibility index (Phi) is 5.94. The van der Waals surface area contributed by atoms with Gasteiger partial charge in [0.05, 0.1) is 24.3 Å². The highest BCUT2D eigenvalue weighted by Gasteiger charge is 2.23. The first-order chi connectivity index (χ1) is 12.5. The van der Waals surface area contributed by atoms with Crippen LogP contribution >= 0.6 is 23.1 Å². The molecule has 0 saturated heterocycles.